The van der Waals surface area contributed by atoms with Gasteiger partial charge in [-0.2, -0.15) is 0 Å². The van der Waals surface area contributed by atoms with Crippen molar-refractivity contribution < 1.29 is 9.90 Å². The Bertz CT molecular complexity index is 854. The van der Waals surface area contributed by atoms with Crippen molar-refractivity contribution in [1.82, 2.24) is 19.7 Å². The number of carbonyl (C=O) groups is 1. The minimum Gasteiger partial charge on any atom is -0.396 e. The predicted octanol–water partition coefficient (Wildman–Crippen LogP) is 1.71. The van der Waals surface area contributed by atoms with Crippen LogP contribution in [-0.4, -0.2) is 90.2 Å². The van der Waals surface area contributed by atoms with Crippen LogP contribution in [0.4, 0.5) is 0 Å². The molecule has 6 nitrogen and oxygen atoms in total. The van der Waals surface area contributed by atoms with Crippen LogP contribution >= 0.6 is 0 Å². The Balaban J connectivity index is 1.50. The van der Waals surface area contributed by atoms with E-state index in [0.29, 0.717) is 12.5 Å². The molecule has 0 saturated carbocycles. The van der Waals surface area contributed by atoms with Gasteiger partial charge in [0.05, 0.1) is 11.1 Å². The molecule has 4 rings (SSSR count). The first-order valence-electron chi connectivity index (χ1n) is 10.4. The highest BCUT2D eigenvalue weighted by Gasteiger charge is 2.36. The van der Waals surface area contributed by atoms with E-state index < -0.39 is 0 Å². The Morgan fingerprint density at radius 3 is 2.57 bits per heavy atom. The highest BCUT2D eigenvalue weighted by molar-refractivity contribution is 6.06. The zero-order valence-corrected chi connectivity index (χ0v) is 17.2. The molecule has 0 spiro atoms. The maximum Gasteiger partial charge on any atom is 0.256 e. The number of aromatic amines is 1. The van der Waals surface area contributed by atoms with E-state index in [9.17, 15) is 9.90 Å². The molecule has 0 radical (unpaired) electrons. The number of nitrogens with zero attached hydrogens (tertiary/aromatic N) is 3. The minimum atomic E-state index is 0.0752. The smallest absolute Gasteiger partial charge is 0.256 e. The Labute approximate surface area is 167 Å². The highest BCUT2D eigenvalue weighted by atomic mass is 16.3. The first kappa shape index (κ1) is 19.4. The summed E-state index contributed by atoms with van der Waals surface area (Å²) in [6, 6.07) is 5.96. The first-order valence-corrected chi connectivity index (χ1v) is 10.4. The van der Waals surface area contributed by atoms with Gasteiger partial charge in [0.1, 0.15) is 0 Å². The van der Waals surface area contributed by atoms with Gasteiger partial charge in [-0.15, -0.1) is 0 Å². The van der Waals surface area contributed by atoms with E-state index in [1.165, 1.54) is 5.56 Å². The summed E-state index contributed by atoms with van der Waals surface area (Å²) in [6.07, 6.45) is 0. The summed E-state index contributed by atoms with van der Waals surface area (Å²) in [5.41, 5.74) is 3.99. The van der Waals surface area contributed by atoms with Crippen LogP contribution in [0.1, 0.15) is 21.6 Å². The lowest BCUT2D eigenvalue weighted by Crippen LogP contribution is -2.47. The molecule has 2 aromatic rings. The lowest BCUT2D eigenvalue weighted by Gasteiger charge is -2.34. The molecule has 0 unspecified atom stereocenters. The van der Waals surface area contributed by atoms with E-state index in [1.54, 1.807) is 0 Å². The molecule has 2 saturated heterocycles. The van der Waals surface area contributed by atoms with Crippen LogP contribution in [-0.2, 0) is 0 Å². The number of carbonyl (C=O) groups excluding carboxylic acids is 1. The Morgan fingerprint density at radius 2 is 1.86 bits per heavy atom. The first-order chi connectivity index (χ1) is 13.5. The molecule has 0 aliphatic carbocycles. The number of aliphatic hydroxyl groups is 1. The quantitative estimate of drug-likeness (QED) is 0.843. The van der Waals surface area contributed by atoms with E-state index in [2.05, 4.69) is 34.8 Å². The number of fused-ring (bicyclic) bond motifs is 1. The number of aryl methyl sites for hydroxylation is 2. The number of rotatable bonds is 4. The number of hydrogen-bond acceptors (Lipinski definition) is 4. The van der Waals surface area contributed by atoms with E-state index in [-0.39, 0.29) is 18.4 Å². The summed E-state index contributed by atoms with van der Waals surface area (Å²) in [5, 5.41) is 11.0. The van der Waals surface area contributed by atoms with Gasteiger partial charge >= 0.3 is 0 Å². The zero-order valence-electron chi connectivity index (χ0n) is 17.2. The molecule has 2 N–H and O–H groups in total. The highest BCUT2D eigenvalue weighted by Crippen LogP contribution is 2.29. The number of aliphatic hydroxyl groups excluding tert-OH is 1. The fraction of sp³-hybridized carbons (Fsp3) is 0.591. The van der Waals surface area contributed by atoms with Crippen molar-refractivity contribution in [2.24, 2.45) is 11.8 Å². The zero-order chi connectivity index (χ0) is 19.8. The van der Waals surface area contributed by atoms with Crippen molar-refractivity contribution in [3.63, 3.8) is 0 Å². The summed E-state index contributed by atoms with van der Waals surface area (Å²) in [5.74, 6) is 0.574. The fourth-order valence-corrected chi connectivity index (χ4v) is 4.71. The van der Waals surface area contributed by atoms with Gasteiger partial charge in [0.15, 0.2) is 0 Å². The van der Waals surface area contributed by atoms with E-state index in [4.69, 9.17) is 0 Å². The van der Waals surface area contributed by atoms with E-state index in [1.807, 2.05) is 24.0 Å². The van der Waals surface area contributed by atoms with Gasteiger partial charge < -0.3 is 24.8 Å². The van der Waals surface area contributed by atoms with Crippen LogP contribution < -0.4 is 0 Å². The monoisotopic (exact) mass is 384 g/mol. The number of piperazine rings is 1. The predicted molar refractivity (Wildman–Crippen MR) is 112 cm³/mol. The Morgan fingerprint density at radius 1 is 1.14 bits per heavy atom. The van der Waals surface area contributed by atoms with Crippen LogP contribution in [0.15, 0.2) is 18.2 Å². The molecule has 3 heterocycles. The normalized spacial score (nSPS) is 24.4. The van der Waals surface area contributed by atoms with Gasteiger partial charge in [-0.1, -0.05) is 12.1 Å². The van der Waals surface area contributed by atoms with Crippen molar-refractivity contribution in [3.05, 3.63) is 35.0 Å². The van der Waals surface area contributed by atoms with Gasteiger partial charge in [0.25, 0.3) is 5.91 Å². The SMILES string of the molecule is Cc1[nH]c2c(C(=O)N3C[C@@H](CN4CCN(C)CC4)[C@@H](CO)C3)cccc2c1C. The van der Waals surface area contributed by atoms with Crippen molar-refractivity contribution in [1.29, 1.82) is 0 Å². The third-order valence-electron chi connectivity index (χ3n) is 6.76. The lowest BCUT2D eigenvalue weighted by molar-refractivity contribution is 0.0779. The standard InChI is InChI=1S/C22H32N4O2/c1-15-16(2)23-21-19(15)5-4-6-20(21)22(28)26-12-17(18(13-26)14-27)11-25-9-7-24(3)8-10-25/h4-6,17-18,23,27H,7-14H2,1-3H3/t17-,18-/m1/s1. The molecule has 2 fully saturated rings. The van der Waals surface area contributed by atoms with Crippen molar-refractivity contribution >= 4 is 16.8 Å². The Hall–Kier alpha value is -1.89. The van der Waals surface area contributed by atoms with Crippen molar-refractivity contribution in [2.45, 2.75) is 13.8 Å². The summed E-state index contributed by atoms with van der Waals surface area (Å²) in [4.78, 5) is 23.5. The largest absolute Gasteiger partial charge is 0.396 e. The topological polar surface area (TPSA) is 62.8 Å². The summed E-state index contributed by atoms with van der Waals surface area (Å²) in [6.45, 7) is 10.9. The van der Waals surface area contributed by atoms with Gasteiger partial charge in [-0.25, -0.2) is 0 Å². The second-order valence-electron chi connectivity index (χ2n) is 8.62. The van der Waals surface area contributed by atoms with Crippen LogP contribution in [0, 0.1) is 25.7 Å². The van der Waals surface area contributed by atoms with Gasteiger partial charge in [0, 0.05) is 69.4 Å². The Kier molecular flexibility index (Phi) is 5.45. The number of H-pyrrole nitrogens is 1. The summed E-state index contributed by atoms with van der Waals surface area (Å²) in [7, 11) is 2.16. The number of amides is 1. The maximum absolute atomic E-state index is 13.3. The van der Waals surface area contributed by atoms with Crippen LogP contribution in [0.5, 0.6) is 0 Å². The van der Waals surface area contributed by atoms with Gasteiger partial charge in [-0.05, 0) is 38.4 Å². The van der Waals surface area contributed by atoms with Crippen LogP contribution in [0.2, 0.25) is 0 Å². The molecular formula is C22H32N4O2. The summed E-state index contributed by atoms with van der Waals surface area (Å²) < 4.78 is 0. The lowest BCUT2D eigenvalue weighted by atomic mass is 9.96. The van der Waals surface area contributed by atoms with Crippen LogP contribution in [0.25, 0.3) is 10.9 Å². The fourth-order valence-electron chi connectivity index (χ4n) is 4.71. The number of nitrogens with one attached hydrogen (secondary N) is 1. The second-order valence-corrected chi connectivity index (χ2v) is 8.62. The average molecular weight is 385 g/mol. The van der Waals surface area contributed by atoms with E-state index in [0.717, 1.165) is 61.4 Å². The van der Waals surface area contributed by atoms with Gasteiger partial charge in [0.2, 0.25) is 0 Å². The maximum atomic E-state index is 13.3. The van der Waals surface area contributed by atoms with Crippen LogP contribution in [0.3, 0.4) is 0 Å². The number of hydrogen-bond donors (Lipinski definition) is 2. The second kappa shape index (κ2) is 7.85. The molecule has 28 heavy (non-hydrogen) atoms. The minimum absolute atomic E-state index is 0.0752. The molecule has 152 valence electrons. The molecule has 1 aromatic carbocycles. The molecule has 2 atom stereocenters. The number of aromatic nitrogens is 1. The molecule has 2 aliphatic heterocycles. The number of para-hydroxylation sites is 1. The number of likely N-dealkylation sites (N-methyl/N-ethyl adjacent to an activating group) is 1. The number of benzene rings is 1. The average Bonchev–Trinajstić information content (AvgIpc) is 3.24. The van der Waals surface area contributed by atoms with E-state index >= 15 is 0 Å². The molecule has 1 aromatic heterocycles. The van der Waals surface area contributed by atoms with Crippen molar-refractivity contribution in [2.75, 3.05) is 59.5 Å². The molecule has 6 heteroatoms. The number of likely N-dealkylation sites (tertiary alicyclic amines) is 1. The van der Waals surface area contributed by atoms with Gasteiger partial charge in [-0.3, -0.25) is 4.79 Å². The molecule has 0 bridgehead atoms. The third kappa shape index (κ3) is 3.56. The molecule has 1 amide bonds. The summed E-state index contributed by atoms with van der Waals surface area (Å²) >= 11 is 0. The molecular weight excluding hydrogens is 352 g/mol. The molecule has 2 aliphatic rings. The van der Waals surface area contributed by atoms with Crippen molar-refractivity contribution in [3.8, 4) is 0 Å². The third-order valence-corrected chi connectivity index (χ3v) is 6.76.